The lowest BCUT2D eigenvalue weighted by atomic mass is 10.2. The highest BCUT2D eigenvalue weighted by atomic mass is 35.5. The quantitative estimate of drug-likeness (QED) is 0.225. The Bertz CT molecular complexity index is 1410. The van der Waals surface area contributed by atoms with E-state index in [2.05, 4.69) is 20.8 Å². The number of halogens is 5. The van der Waals surface area contributed by atoms with Crippen molar-refractivity contribution >= 4 is 86.8 Å². The van der Waals surface area contributed by atoms with Crippen LogP contribution in [0.15, 0.2) is 42.6 Å². The summed E-state index contributed by atoms with van der Waals surface area (Å²) in [6, 6.07) is 10.8. The van der Waals surface area contributed by atoms with Crippen molar-refractivity contribution in [3.63, 3.8) is 0 Å². The first-order valence-electron chi connectivity index (χ1n) is 10.3. The number of hydrogen-bond acceptors (Lipinski definition) is 3. The van der Waals surface area contributed by atoms with E-state index in [4.69, 9.17) is 70.2 Å². The molecule has 12 heteroatoms. The summed E-state index contributed by atoms with van der Waals surface area (Å²) >= 11 is 36.3. The molecule has 0 atom stereocenters. The molecule has 0 aliphatic carbocycles. The highest BCUT2D eigenvalue weighted by Crippen LogP contribution is 2.27. The molecular weight excluding hydrogens is 570 g/mol. The fraction of sp³-hybridized carbons (Fsp3) is 0.174. The van der Waals surface area contributed by atoms with Crippen molar-refractivity contribution in [2.45, 2.75) is 26.9 Å². The molecule has 0 saturated heterocycles. The van der Waals surface area contributed by atoms with Crippen molar-refractivity contribution in [3.8, 4) is 0 Å². The molecule has 2 aromatic heterocycles. The minimum Gasteiger partial charge on any atom is -0.329 e. The van der Waals surface area contributed by atoms with Gasteiger partial charge in [0.05, 0.1) is 40.2 Å². The predicted molar refractivity (Wildman–Crippen MR) is 150 cm³/mol. The Morgan fingerprint density at radius 1 is 0.857 bits per heavy atom. The molecule has 4 rings (SSSR count). The van der Waals surface area contributed by atoms with E-state index >= 15 is 0 Å². The molecule has 0 amide bonds. The van der Waals surface area contributed by atoms with Gasteiger partial charge in [0, 0.05) is 16.2 Å². The zero-order valence-electron chi connectivity index (χ0n) is 18.5. The van der Waals surface area contributed by atoms with Gasteiger partial charge in [-0.25, -0.2) is 0 Å². The van der Waals surface area contributed by atoms with Gasteiger partial charge < -0.3 is 10.6 Å². The first-order chi connectivity index (χ1) is 16.6. The third-order valence-electron chi connectivity index (χ3n) is 5.23. The molecule has 0 spiro atoms. The Labute approximate surface area is 233 Å². The maximum absolute atomic E-state index is 6.38. The summed E-state index contributed by atoms with van der Waals surface area (Å²) in [4.78, 5) is 0. The molecule has 182 valence electrons. The van der Waals surface area contributed by atoms with Crippen molar-refractivity contribution in [2.75, 3.05) is 10.6 Å². The van der Waals surface area contributed by atoms with Crippen LogP contribution in [0.25, 0.3) is 0 Å². The fourth-order valence-corrected chi connectivity index (χ4v) is 4.67. The molecule has 6 nitrogen and oxygen atoms in total. The summed E-state index contributed by atoms with van der Waals surface area (Å²) in [7, 11) is 0. The Morgan fingerprint density at radius 3 is 2.34 bits per heavy atom. The number of anilines is 2. The molecule has 0 fully saturated rings. The van der Waals surface area contributed by atoms with E-state index in [1.165, 1.54) is 0 Å². The molecule has 2 heterocycles. The smallest absolute Gasteiger partial charge is 0.176 e. The maximum atomic E-state index is 6.38. The topological polar surface area (TPSA) is 59.7 Å². The first kappa shape index (κ1) is 26.1. The second-order valence-corrected chi connectivity index (χ2v) is 10.3. The number of nitrogens with one attached hydrogen (secondary N) is 2. The molecule has 0 aliphatic rings. The largest absolute Gasteiger partial charge is 0.329 e. The van der Waals surface area contributed by atoms with Gasteiger partial charge >= 0.3 is 0 Å². The van der Waals surface area contributed by atoms with Gasteiger partial charge in [-0.2, -0.15) is 10.2 Å². The SMILES string of the molecule is Cc1nn(Cc2ccc(Cl)cc2Cl)c(C)c1NC(=S)Nc1nn(Cc2ccc(Cl)c(Cl)c2)cc1Cl. The monoisotopic (exact) mass is 586 g/mol. The summed E-state index contributed by atoms with van der Waals surface area (Å²) in [6.07, 6.45) is 1.71. The molecule has 2 N–H and O–H groups in total. The zero-order chi connectivity index (χ0) is 25.3. The lowest BCUT2D eigenvalue weighted by Gasteiger charge is -2.11. The van der Waals surface area contributed by atoms with Crippen LogP contribution in [-0.2, 0) is 13.1 Å². The number of aryl methyl sites for hydroxylation is 1. The number of benzene rings is 2. The molecule has 35 heavy (non-hydrogen) atoms. The third-order valence-corrected chi connectivity index (χ3v) is 7.04. The molecule has 2 aromatic carbocycles. The van der Waals surface area contributed by atoms with Gasteiger partial charge in [-0.3, -0.25) is 9.36 Å². The summed E-state index contributed by atoms with van der Waals surface area (Å²) in [5.74, 6) is 0.430. The van der Waals surface area contributed by atoms with Crippen LogP contribution in [0, 0.1) is 13.8 Å². The molecule has 4 aromatic rings. The Morgan fingerprint density at radius 2 is 1.63 bits per heavy atom. The van der Waals surface area contributed by atoms with Crippen molar-refractivity contribution in [2.24, 2.45) is 0 Å². The third kappa shape index (κ3) is 6.23. The summed E-state index contributed by atoms with van der Waals surface area (Å²) in [5.41, 5.74) is 4.32. The molecular formula is C23H19Cl5N6S. The van der Waals surface area contributed by atoms with Gasteiger partial charge in [-0.1, -0.05) is 70.1 Å². The Balaban J connectivity index is 1.44. The molecule has 0 bridgehead atoms. The average Bonchev–Trinajstić information content (AvgIpc) is 3.25. The highest BCUT2D eigenvalue weighted by molar-refractivity contribution is 7.80. The van der Waals surface area contributed by atoms with Gasteiger partial charge in [0.15, 0.2) is 10.9 Å². The van der Waals surface area contributed by atoms with Crippen molar-refractivity contribution in [1.29, 1.82) is 0 Å². The zero-order valence-corrected chi connectivity index (χ0v) is 23.1. The Hall–Kier alpha value is -2.00. The van der Waals surface area contributed by atoms with Crippen molar-refractivity contribution in [3.05, 3.63) is 90.2 Å². The van der Waals surface area contributed by atoms with Crippen molar-refractivity contribution in [1.82, 2.24) is 19.6 Å². The normalized spacial score (nSPS) is 11.1. The van der Waals surface area contributed by atoms with Crippen LogP contribution in [0.2, 0.25) is 25.1 Å². The van der Waals surface area contributed by atoms with E-state index in [0.717, 1.165) is 28.2 Å². The summed E-state index contributed by atoms with van der Waals surface area (Å²) in [6.45, 7) is 4.82. The summed E-state index contributed by atoms with van der Waals surface area (Å²) in [5, 5.41) is 18.3. The predicted octanol–water partition coefficient (Wildman–Crippen LogP) is 7.87. The van der Waals surface area contributed by atoms with E-state index in [-0.39, 0.29) is 0 Å². The van der Waals surface area contributed by atoms with Crippen LogP contribution < -0.4 is 10.6 Å². The van der Waals surface area contributed by atoms with Crippen LogP contribution in [0.1, 0.15) is 22.5 Å². The van der Waals surface area contributed by atoms with E-state index in [1.54, 1.807) is 35.1 Å². The molecule has 0 radical (unpaired) electrons. The average molecular weight is 589 g/mol. The minimum absolute atomic E-state index is 0.335. The van der Waals surface area contributed by atoms with E-state index in [9.17, 15) is 0 Å². The van der Waals surface area contributed by atoms with Gasteiger partial charge in [-0.05, 0) is 61.5 Å². The molecule has 0 aliphatic heterocycles. The van der Waals surface area contributed by atoms with Crippen LogP contribution in [0.3, 0.4) is 0 Å². The number of aromatic nitrogens is 4. The molecule has 0 unspecified atom stereocenters. The second kappa shape index (κ2) is 10.9. The first-order valence-corrected chi connectivity index (χ1v) is 12.6. The second-order valence-electron chi connectivity index (χ2n) is 7.79. The lowest BCUT2D eigenvalue weighted by Crippen LogP contribution is -2.20. The number of rotatable bonds is 6. The van der Waals surface area contributed by atoms with Crippen LogP contribution in [0.5, 0.6) is 0 Å². The van der Waals surface area contributed by atoms with Crippen LogP contribution >= 0.6 is 70.2 Å². The minimum atomic E-state index is 0.335. The van der Waals surface area contributed by atoms with Gasteiger partial charge in [0.25, 0.3) is 0 Å². The van der Waals surface area contributed by atoms with Gasteiger partial charge in [0.2, 0.25) is 0 Å². The van der Waals surface area contributed by atoms with E-state index in [0.29, 0.717) is 49.1 Å². The van der Waals surface area contributed by atoms with Crippen molar-refractivity contribution < 1.29 is 0 Å². The fourth-order valence-electron chi connectivity index (χ4n) is 3.48. The van der Waals surface area contributed by atoms with Crippen LogP contribution in [-0.4, -0.2) is 24.7 Å². The van der Waals surface area contributed by atoms with Gasteiger partial charge in [0.1, 0.15) is 5.02 Å². The Kier molecular flexibility index (Phi) is 8.16. The number of nitrogens with zero attached hydrogens (tertiary/aromatic N) is 4. The van der Waals surface area contributed by atoms with E-state index < -0.39 is 0 Å². The highest BCUT2D eigenvalue weighted by Gasteiger charge is 2.16. The summed E-state index contributed by atoms with van der Waals surface area (Å²) < 4.78 is 3.55. The lowest BCUT2D eigenvalue weighted by molar-refractivity contribution is 0.659. The standard InChI is InChI=1S/C23H19Cl5N6S/c1-12-21(13(2)34(31-12)10-15-4-5-16(24)8-18(15)26)29-23(35)30-22-20(28)11-33(32-22)9-14-3-6-17(25)19(27)7-14/h3-8,11H,9-10H2,1-2H3,(H2,29,30,32,35). The molecule has 0 saturated carbocycles. The van der Waals surface area contributed by atoms with Crippen LogP contribution in [0.4, 0.5) is 11.5 Å². The van der Waals surface area contributed by atoms with E-state index in [1.807, 2.05) is 30.7 Å². The number of hydrogen-bond donors (Lipinski definition) is 2. The van der Waals surface area contributed by atoms with Gasteiger partial charge in [-0.15, -0.1) is 0 Å². The number of thiocarbonyl (C=S) groups is 1. The maximum Gasteiger partial charge on any atom is 0.176 e.